The lowest BCUT2D eigenvalue weighted by molar-refractivity contribution is 0.628. The van der Waals surface area contributed by atoms with Crippen LogP contribution in [0.3, 0.4) is 0 Å². The molecule has 1 heterocycles. The zero-order valence-electron chi connectivity index (χ0n) is 8.37. The first-order valence-electron chi connectivity index (χ1n) is 4.65. The van der Waals surface area contributed by atoms with Crippen molar-refractivity contribution in [2.75, 3.05) is 5.73 Å². The van der Waals surface area contributed by atoms with E-state index in [1.165, 1.54) is 12.1 Å². The predicted octanol–water partition coefficient (Wildman–Crippen LogP) is 2.78. The normalized spacial score (nSPS) is 10.3. The third-order valence-corrected chi connectivity index (χ3v) is 2.24. The summed E-state index contributed by atoms with van der Waals surface area (Å²) in [4.78, 5) is 4.17. The van der Waals surface area contributed by atoms with E-state index in [4.69, 9.17) is 5.73 Å². The number of nitrogens with two attached hydrogens (primary N) is 1. The summed E-state index contributed by atoms with van der Waals surface area (Å²) in [5.41, 5.74) is 8.81. The van der Waals surface area contributed by atoms with Crippen molar-refractivity contribution in [3.63, 3.8) is 0 Å². The minimum atomic E-state index is -0.323. The van der Waals surface area contributed by atoms with Gasteiger partial charge in [0.2, 0.25) is 0 Å². The second kappa shape index (κ2) is 3.69. The summed E-state index contributed by atoms with van der Waals surface area (Å²) in [5, 5.41) is 0. The summed E-state index contributed by atoms with van der Waals surface area (Å²) in [6.07, 6.45) is 1.74. The van der Waals surface area contributed by atoms with Crippen molar-refractivity contribution in [1.29, 1.82) is 0 Å². The van der Waals surface area contributed by atoms with Crippen molar-refractivity contribution < 1.29 is 4.39 Å². The highest BCUT2D eigenvalue weighted by Crippen LogP contribution is 2.25. The Balaban J connectivity index is 2.49. The molecule has 0 aliphatic rings. The summed E-state index contributed by atoms with van der Waals surface area (Å²) in [5.74, 6) is -0.323. The van der Waals surface area contributed by atoms with Crippen LogP contribution in [0.4, 0.5) is 10.1 Å². The highest BCUT2D eigenvalue weighted by Gasteiger charge is 2.03. The van der Waals surface area contributed by atoms with Gasteiger partial charge in [0, 0.05) is 28.7 Å². The molecular formula is C12H11FN2. The van der Waals surface area contributed by atoms with E-state index in [2.05, 4.69) is 4.98 Å². The Hall–Kier alpha value is -1.90. The Morgan fingerprint density at radius 2 is 2.00 bits per heavy atom. The average Bonchev–Trinajstić information content (AvgIpc) is 2.20. The van der Waals surface area contributed by atoms with E-state index in [1.807, 2.05) is 19.1 Å². The van der Waals surface area contributed by atoms with Gasteiger partial charge in [0.1, 0.15) is 5.82 Å². The molecule has 0 aliphatic carbocycles. The molecule has 0 atom stereocenters. The van der Waals surface area contributed by atoms with Crippen molar-refractivity contribution in [3.05, 3.63) is 48.0 Å². The first-order valence-corrected chi connectivity index (χ1v) is 4.65. The maximum atomic E-state index is 12.8. The largest absolute Gasteiger partial charge is 0.398 e. The molecule has 0 amide bonds. The molecule has 0 saturated carbocycles. The minimum absolute atomic E-state index is 0.323. The highest BCUT2D eigenvalue weighted by molar-refractivity contribution is 5.75. The van der Waals surface area contributed by atoms with E-state index in [1.54, 1.807) is 12.3 Å². The lowest BCUT2D eigenvalue weighted by Gasteiger charge is -2.05. The fourth-order valence-electron chi connectivity index (χ4n) is 1.42. The van der Waals surface area contributed by atoms with Crippen LogP contribution in [0, 0.1) is 12.7 Å². The number of nitrogen functional groups attached to an aromatic ring is 1. The number of hydrogen-bond acceptors (Lipinski definition) is 2. The molecule has 76 valence electrons. The number of aromatic nitrogens is 1. The number of pyridine rings is 1. The maximum absolute atomic E-state index is 12.8. The molecule has 0 spiro atoms. The van der Waals surface area contributed by atoms with Crippen LogP contribution in [0.25, 0.3) is 11.1 Å². The van der Waals surface area contributed by atoms with Gasteiger partial charge in [-0.05, 0) is 31.2 Å². The fourth-order valence-corrected chi connectivity index (χ4v) is 1.42. The molecule has 3 heteroatoms. The standard InChI is InChI=1S/C12H11FN2/c1-8-2-3-9(7-15-8)11-5-4-10(13)6-12(11)14/h2-7H,14H2,1H3. The first-order chi connectivity index (χ1) is 7.16. The second-order valence-electron chi connectivity index (χ2n) is 3.42. The Bertz CT molecular complexity index is 477. The Labute approximate surface area is 87.6 Å². The average molecular weight is 202 g/mol. The number of hydrogen-bond donors (Lipinski definition) is 1. The van der Waals surface area contributed by atoms with Crippen molar-refractivity contribution >= 4 is 5.69 Å². The van der Waals surface area contributed by atoms with Gasteiger partial charge in [0.25, 0.3) is 0 Å². The van der Waals surface area contributed by atoms with Crippen LogP contribution < -0.4 is 5.73 Å². The smallest absolute Gasteiger partial charge is 0.125 e. The van der Waals surface area contributed by atoms with E-state index in [0.717, 1.165) is 16.8 Å². The number of benzene rings is 1. The van der Waals surface area contributed by atoms with Gasteiger partial charge in [-0.15, -0.1) is 0 Å². The monoisotopic (exact) mass is 202 g/mol. The lowest BCUT2D eigenvalue weighted by atomic mass is 10.1. The van der Waals surface area contributed by atoms with Gasteiger partial charge in [-0.3, -0.25) is 4.98 Å². The van der Waals surface area contributed by atoms with Crippen LogP contribution >= 0.6 is 0 Å². The van der Waals surface area contributed by atoms with Crippen molar-refractivity contribution in [2.45, 2.75) is 6.92 Å². The SMILES string of the molecule is Cc1ccc(-c2ccc(F)cc2N)cn1. The number of halogens is 1. The van der Waals surface area contributed by atoms with Gasteiger partial charge in [-0.2, -0.15) is 0 Å². The van der Waals surface area contributed by atoms with E-state index in [0.29, 0.717) is 5.69 Å². The van der Waals surface area contributed by atoms with Gasteiger partial charge in [-0.1, -0.05) is 6.07 Å². The third-order valence-electron chi connectivity index (χ3n) is 2.24. The molecule has 15 heavy (non-hydrogen) atoms. The molecule has 0 aliphatic heterocycles. The molecule has 0 saturated heterocycles. The summed E-state index contributed by atoms with van der Waals surface area (Å²) < 4.78 is 12.8. The highest BCUT2D eigenvalue weighted by atomic mass is 19.1. The molecular weight excluding hydrogens is 191 g/mol. The van der Waals surface area contributed by atoms with Crippen LogP contribution in [-0.4, -0.2) is 4.98 Å². The molecule has 2 N–H and O–H groups in total. The molecule has 1 aromatic carbocycles. The molecule has 0 unspecified atom stereocenters. The zero-order chi connectivity index (χ0) is 10.8. The van der Waals surface area contributed by atoms with Crippen molar-refractivity contribution in [2.24, 2.45) is 0 Å². The quantitative estimate of drug-likeness (QED) is 0.722. The van der Waals surface area contributed by atoms with Crippen LogP contribution in [-0.2, 0) is 0 Å². The Kier molecular flexibility index (Phi) is 2.37. The number of nitrogens with zero attached hydrogens (tertiary/aromatic N) is 1. The maximum Gasteiger partial charge on any atom is 0.125 e. The van der Waals surface area contributed by atoms with Crippen LogP contribution in [0.2, 0.25) is 0 Å². The van der Waals surface area contributed by atoms with E-state index >= 15 is 0 Å². The summed E-state index contributed by atoms with van der Waals surface area (Å²) >= 11 is 0. The van der Waals surface area contributed by atoms with Crippen LogP contribution in [0.1, 0.15) is 5.69 Å². The van der Waals surface area contributed by atoms with Crippen LogP contribution in [0.5, 0.6) is 0 Å². The molecule has 0 radical (unpaired) electrons. The molecule has 0 fully saturated rings. The first kappa shape index (κ1) is 9.65. The van der Waals surface area contributed by atoms with Gasteiger partial charge in [0.05, 0.1) is 0 Å². The summed E-state index contributed by atoms with van der Waals surface area (Å²) in [6.45, 7) is 1.91. The summed E-state index contributed by atoms with van der Waals surface area (Å²) in [6, 6.07) is 8.20. The molecule has 1 aromatic heterocycles. The van der Waals surface area contributed by atoms with Crippen LogP contribution in [0.15, 0.2) is 36.5 Å². The fraction of sp³-hybridized carbons (Fsp3) is 0.0833. The zero-order valence-corrected chi connectivity index (χ0v) is 8.37. The Morgan fingerprint density at radius 3 is 2.60 bits per heavy atom. The number of anilines is 1. The van der Waals surface area contributed by atoms with Crippen molar-refractivity contribution in [3.8, 4) is 11.1 Å². The van der Waals surface area contributed by atoms with Gasteiger partial charge >= 0.3 is 0 Å². The van der Waals surface area contributed by atoms with Crippen molar-refractivity contribution in [1.82, 2.24) is 4.98 Å². The van der Waals surface area contributed by atoms with Gasteiger partial charge < -0.3 is 5.73 Å². The van der Waals surface area contributed by atoms with E-state index in [-0.39, 0.29) is 5.82 Å². The molecule has 2 nitrogen and oxygen atoms in total. The van der Waals surface area contributed by atoms with E-state index < -0.39 is 0 Å². The Morgan fingerprint density at radius 1 is 1.20 bits per heavy atom. The second-order valence-corrected chi connectivity index (χ2v) is 3.42. The topological polar surface area (TPSA) is 38.9 Å². The third kappa shape index (κ3) is 1.96. The van der Waals surface area contributed by atoms with Gasteiger partial charge in [-0.25, -0.2) is 4.39 Å². The molecule has 2 rings (SSSR count). The number of rotatable bonds is 1. The van der Waals surface area contributed by atoms with Gasteiger partial charge in [0.15, 0.2) is 0 Å². The molecule has 2 aromatic rings. The number of aryl methyl sites for hydroxylation is 1. The lowest BCUT2D eigenvalue weighted by Crippen LogP contribution is -1.92. The predicted molar refractivity (Wildman–Crippen MR) is 58.8 cm³/mol. The van der Waals surface area contributed by atoms with E-state index in [9.17, 15) is 4.39 Å². The summed E-state index contributed by atoms with van der Waals surface area (Å²) in [7, 11) is 0. The minimum Gasteiger partial charge on any atom is -0.398 e. The molecule has 0 bridgehead atoms.